The third-order valence-electron chi connectivity index (χ3n) is 3.19. The molecule has 0 spiro atoms. The van der Waals surface area contributed by atoms with Gasteiger partial charge in [-0.05, 0) is 50.4 Å². The van der Waals surface area contributed by atoms with Gasteiger partial charge in [0.1, 0.15) is 0 Å². The number of hydrogen-bond donors (Lipinski definition) is 1. The summed E-state index contributed by atoms with van der Waals surface area (Å²) in [6.45, 7) is 0. The van der Waals surface area contributed by atoms with Gasteiger partial charge in [-0.15, -0.1) is 0 Å². The summed E-state index contributed by atoms with van der Waals surface area (Å²) in [5.41, 5.74) is 2.91. The van der Waals surface area contributed by atoms with E-state index < -0.39 is 0 Å². The predicted octanol–water partition coefficient (Wildman–Crippen LogP) is 4.21. The predicted molar refractivity (Wildman–Crippen MR) is 72.5 cm³/mol. The zero-order chi connectivity index (χ0) is 11.4. The first-order valence-electron chi connectivity index (χ1n) is 5.93. The molecular weight excluding hydrogens is 262 g/mol. The first-order chi connectivity index (χ1) is 7.81. The van der Waals surface area contributed by atoms with Crippen molar-refractivity contribution in [3.63, 3.8) is 0 Å². The molecule has 0 heterocycles. The molecule has 1 unspecified atom stereocenters. The summed E-state index contributed by atoms with van der Waals surface area (Å²) >= 11 is 3.48. The lowest BCUT2D eigenvalue weighted by molar-refractivity contribution is 0.593. The highest BCUT2D eigenvalue weighted by Crippen LogP contribution is 2.30. The minimum atomic E-state index is 0.397. The molecule has 86 valence electrons. The Balaban J connectivity index is 2.21. The van der Waals surface area contributed by atoms with Crippen molar-refractivity contribution >= 4 is 15.9 Å². The van der Waals surface area contributed by atoms with Gasteiger partial charge in [0, 0.05) is 4.47 Å². The molecule has 1 atom stereocenters. The molecule has 1 aromatic carbocycles. The summed E-state index contributed by atoms with van der Waals surface area (Å²) in [6.07, 6.45) is 7.57. The van der Waals surface area contributed by atoms with Crippen molar-refractivity contribution < 1.29 is 0 Å². The van der Waals surface area contributed by atoms with Gasteiger partial charge in [-0.1, -0.05) is 39.7 Å². The lowest BCUT2D eigenvalue weighted by atomic mass is 9.90. The highest BCUT2D eigenvalue weighted by Gasteiger charge is 2.15. The van der Waals surface area contributed by atoms with Crippen LogP contribution in [0.4, 0.5) is 0 Å². The minimum absolute atomic E-state index is 0.397. The summed E-state index contributed by atoms with van der Waals surface area (Å²) in [6, 6.07) is 9.02. The van der Waals surface area contributed by atoms with E-state index in [1.165, 1.54) is 31.2 Å². The van der Waals surface area contributed by atoms with Gasteiger partial charge >= 0.3 is 0 Å². The Kier molecular flexibility index (Phi) is 4.19. The average Bonchev–Trinajstić information content (AvgIpc) is 2.34. The van der Waals surface area contributed by atoms with Crippen LogP contribution in [-0.4, -0.2) is 7.05 Å². The summed E-state index contributed by atoms with van der Waals surface area (Å²) in [4.78, 5) is 0. The van der Waals surface area contributed by atoms with Crippen molar-refractivity contribution in [2.75, 3.05) is 7.05 Å². The van der Waals surface area contributed by atoms with Gasteiger partial charge in [-0.2, -0.15) is 0 Å². The Bertz CT molecular complexity index is 367. The van der Waals surface area contributed by atoms with E-state index in [0.717, 1.165) is 4.47 Å². The first kappa shape index (κ1) is 11.9. The standard InChI is InChI=1S/C14H18BrN/c1-16-14(11-5-3-2-4-6-11)12-7-9-13(15)10-8-12/h5,7-10,14,16H,2-4,6H2,1H3. The smallest absolute Gasteiger partial charge is 0.0533 e. The molecule has 0 radical (unpaired) electrons. The fourth-order valence-corrected chi connectivity index (χ4v) is 2.61. The van der Waals surface area contributed by atoms with Gasteiger partial charge in [0.25, 0.3) is 0 Å². The van der Waals surface area contributed by atoms with Crippen LogP contribution in [-0.2, 0) is 0 Å². The van der Waals surface area contributed by atoms with E-state index in [4.69, 9.17) is 0 Å². The van der Waals surface area contributed by atoms with Crippen LogP contribution in [0.5, 0.6) is 0 Å². The molecule has 1 aromatic rings. The number of halogens is 1. The zero-order valence-electron chi connectivity index (χ0n) is 9.67. The minimum Gasteiger partial charge on any atom is -0.310 e. The van der Waals surface area contributed by atoms with Gasteiger partial charge in [0.15, 0.2) is 0 Å². The molecule has 1 N–H and O–H groups in total. The third kappa shape index (κ3) is 2.74. The Morgan fingerprint density at radius 1 is 1.19 bits per heavy atom. The van der Waals surface area contributed by atoms with Crippen molar-refractivity contribution in [3.8, 4) is 0 Å². The Labute approximate surface area is 106 Å². The van der Waals surface area contributed by atoms with Crippen LogP contribution in [0.15, 0.2) is 40.4 Å². The SMILES string of the molecule is CNC(C1=CCCCC1)c1ccc(Br)cc1. The lowest BCUT2D eigenvalue weighted by Crippen LogP contribution is -2.19. The molecule has 1 aliphatic carbocycles. The fourth-order valence-electron chi connectivity index (χ4n) is 2.35. The molecule has 0 aliphatic heterocycles. The number of allylic oxidation sites excluding steroid dienone is 1. The zero-order valence-corrected chi connectivity index (χ0v) is 11.3. The molecule has 0 saturated heterocycles. The Hall–Kier alpha value is -0.600. The van der Waals surface area contributed by atoms with E-state index in [0.29, 0.717) is 6.04 Å². The van der Waals surface area contributed by atoms with Gasteiger partial charge in [-0.3, -0.25) is 0 Å². The van der Waals surface area contributed by atoms with E-state index in [9.17, 15) is 0 Å². The van der Waals surface area contributed by atoms with Crippen LogP contribution in [0, 0.1) is 0 Å². The van der Waals surface area contributed by atoms with Gasteiger partial charge < -0.3 is 5.32 Å². The number of rotatable bonds is 3. The Morgan fingerprint density at radius 3 is 2.50 bits per heavy atom. The van der Waals surface area contributed by atoms with Crippen LogP contribution >= 0.6 is 15.9 Å². The average molecular weight is 280 g/mol. The molecule has 2 rings (SSSR count). The second-order valence-electron chi connectivity index (χ2n) is 4.30. The number of nitrogens with one attached hydrogen (secondary N) is 1. The molecule has 0 amide bonds. The maximum atomic E-state index is 3.48. The van der Waals surface area contributed by atoms with Crippen LogP contribution in [0.3, 0.4) is 0 Å². The van der Waals surface area contributed by atoms with Crippen molar-refractivity contribution in [3.05, 3.63) is 46.0 Å². The molecule has 1 nitrogen and oxygen atoms in total. The van der Waals surface area contributed by atoms with Gasteiger partial charge in [0.05, 0.1) is 6.04 Å². The van der Waals surface area contributed by atoms with Crippen molar-refractivity contribution in [2.45, 2.75) is 31.7 Å². The molecule has 1 aliphatic rings. The number of hydrogen-bond acceptors (Lipinski definition) is 1. The number of likely N-dealkylation sites (N-methyl/N-ethyl adjacent to an activating group) is 1. The highest BCUT2D eigenvalue weighted by molar-refractivity contribution is 9.10. The van der Waals surface area contributed by atoms with Crippen LogP contribution in [0.2, 0.25) is 0 Å². The van der Waals surface area contributed by atoms with Gasteiger partial charge in [0.2, 0.25) is 0 Å². The fraction of sp³-hybridized carbons (Fsp3) is 0.429. The second kappa shape index (κ2) is 5.65. The Morgan fingerprint density at radius 2 is 1.94 bits per heavy atom. The quantitative estimate of drug-likeness (QED) is 0.818. The van der Waals surface area contributed by atoms with Crippen LogP contribution in [0.25, 0.3) is 0 Å². The van der Waals surface area contributed by atoms with E-state index in [-0.39, 0.29) is 0 Å². The van der Waals surface area contributed by atoms with Crippen molar-refractivity contribution in [2.24, 2.45) is 0 Å². The maximum absolute atomic E-state index is 3.48. The maximum Gasteiger partial charge on any atom is 0.0533 e. The monoisotopic (exact) mass is 279 g/mol. The summed E-state index contributed by atoms with van der Waals surface area (Å²) in [5.74, 6) is 0. The summed E-state index contributed by atoms with van der Waals surface area (Å²) in [7, 11) is 2.04. The molecule has 2 heteroatoms. The second-order valence-corrected chi connectivity index (χ2v) is 5.21. The highest BCUT2D eigenvalue weighted by atomic mass is 79.9. The molecule has 0 saturated carbocycles. The van der Waals surface area contributed by atoms with Crippen molar-refractivity contribution in [1.29, 1.82) is 0 Å². The third-order valence-corrected chi connectivity index (χ3v) is 3.72. The largest absolute Gasteiger partial charge is 0.310 e. The van der Waals surface area contributed by atoms with Gasteiger partial charge in [-0.25, -0.2) is 0 Å². The molecule has 16 heavy (non-hydrogen) atoms. The van der Waals surface area contributed by atoms with E-state index in [2.05, 4.69) is 51.6 Å². The number of benzene rings is 1. The van der Waals surface area contributed by atoms with E-state index in [1.54, 1.807) is 5.57 Å². The topological polar surface area (TPSA) is 12.0 Å². The van der Waals surface area contributed by atoms with Crippen molar-refractivity contribution in [1.82, 2.24) is 5.32 Å². The first-order valence-corrected chi connectivity index (χ1v) is 6.72. The molecule has 0 fully saturated rings. The summed E-state index contributed by atoms with van der Waals surface area (Å²) < 4.78 is 1.14. The molecule has 0 aromatic heterocycles. The normalized spacial score (nSPS) is 18.0. The lowest BCUT2D eigenvalue weighted by Gasteiger charge is -2.23. The van der Waals surface area contributed by atoms with E-state index >= 15 is 0 Å². The van der Waals surface area contributed by atoms with E-state index in [1.807, 2.05) is 7.05 Å². The summed E-state index contributed by atoms with van der Waals surface area (Å²) in [5, 5.41) is 3.42. The molecular formula is C14H18BrN. The molecule has 0 bridgehead atoms. The van der Waals surface area contributed by atoms with Crippen LogP contribution in [0.1, 0.15) is 37.3 Å². The van der Waals surface area contributed by atoms with Crippen LogP contribution < -0.4 is 5.32 Å².